The maximum atomic E-state index is 12.5. The van der Waals surface area contributed by atoms with Crippen molar-refractivity contribution >= 4 is 23.9 Å². The average Bonchev–Trinajstić information content (AvgIpc) is 2.85. The third kappa shape index (κ3) is 7.41. The van der Waals surface area contributed by atoms with E-state index in [-0.39, 0.29) is 43.8 Å². The molecule has 182 valence electrons. The molecule has 0 saturated heterocycles. The minimum absolute atomic E-state index is 0.0127. The summed E-state index contributed by atoms with van der Waals surface area (Å²) in [6.07, 6.45) is 0.218. The van der Waals surface area contributed by atoms with Crippen LogP contribution in [0.2, 0.25) is 0 Å². The number of carbonyl (C=O) groups excluding carboxylic acids is 4. The van der Waals surface area contributed by atoms with Crippen LogP contribution in [-0.2, 0) is 30.3 Å². The monoisotopic (exact) mass is 471 g/mol. The molecule has 1 atom stereocenters. The molecule has 2 aromatic rings. The van der Waals surface area contributed by atoms with E-state index in [1.54, 1.807) is 50.2 Å². The van der Waals surface area contributed by atoms with E-state index in [2.05, 4.69) is 0 Å². The maximum Gasteiger partial charge on any atom is 0.338 e. The van der Waals surface area contributed by atoms with Gasteiger partial charge in [-0.05, 0) is 29.8 Å². The van der Waals surface area contributed by atoms with Gasteiger partial charge in [-0.3, -0.25) is 14.4 Å². The SMILES string of the molecule is CCC(=O)Oc1ccc(C[C@](N)(CCOC(=O)c2ccccc2)C(=O)OC)cc1OC(=O)CC. The van der Waals surface area contributed by atoms with Crippen LogP contribution in [0.5, 0.6) is 11.5 Å². The molecule has 9 heteroatoms. The number of hydrogen-bond donors (Lipinski definition) is 1. The first kappa shape index (κ1) is 26.5. The molecule has 0 saturated carbocycles. The molecule has 0 fully saturated rings. The molecule has 0 bridgehead atoms. The Morgan fingerprint density at radius 1 is 0.882 bits per heavy atom. The van der Waals surface area contributed by atoms with Gasteiger partial charge in [0.05, 0.1) is 19.3 Å². The van der Waals surface area contributed by atoms with Crippen molar-refractivity contribution < 1.29 is 38.1 Å². The zero-order valence-electron chi connectivity index (χ0n) is 19.5. The fourth-order valence-electron chi connectivity index (χ4n) is 3.03. The number of rotatable bonds is 11. The summed E-state index contributed by atoms with van der Waals surface area (Å²) in [5.41, 5.74) is 5.74. The van der Waals surface area contributed by atoms with E-state index in [4.69, 9.17) is 24.7 Å². The fraction of sp³-hybridized carbons (Fsp3) is 0.360. The Balaban J connectivity index is 2.20. The van der Waals surface area contributed by atoms with Crippen molar-refractivity contribution in [1.29, 1.82) is 0 Å². The van der Waals surface area contributed by atoms with Crippen LogP contribution in [0.1, 0.15) is 49.0 Å². The lowest BCUT2D eigenvalue weighted by molar-refractivity contribution is -0.147. The maximum absolute atomic E-state index is 12.5. The van der Waals surface area contributed by atoms with Crippen LogP contribution < -0.4 is 15.2 Å². The molecule has 34 heavy (non-hydrogen) atoms. The lowest BCUT2D eigenvalue weighted by atomic mass is 9.88. The highest BCUT2D eigenvalue weighted by atomic mass is 16.6. The van der Waals surface area contributed by atoms with Crippen LogP contribution in [0.25, 0.3) is 0 Å². The minimum Gasteiger partial charge on any atom is -0.468 e. The van der Waals surface area contributed by atoms with Crippen LogP contribution in [0.3, 0.4) is 0 Å². The summed E-state index contributed by atoms with van der Waals surface area (Å²) < 4.78 is 20.7. The fourth-order valence-corrected chi connectivity index (χ4v) is 3.03. The second-order valence-corrected chi connectivity index (χ2v) is 7.51. The second kappa shape index (κ2) is 12.5. The largest absolute Gasteiger partial charge is 0.468 e. The Kier molecular flexibility index (Phi) is 9.76. The summed E-state index contributed by atoms with van der Waals surface area (Å²) in [6, 6.07) is 13.0. The normalized spacial score (nSPS) is 12.2. The van der Waals surface area contributed by atoms with Crippen molar-refractivity contribution in [3.05, 3.63) is 59.7 Å². The first-order valence-corrected chi connectivity index (χ1v) is 10.9. The summed E-state index contributed by atoms with van der Waals surface area (Å²) >= 11 is 0. The molecule has 0 aromatic heterocycles. The number of benzene rings is 2. The van der Waals surface area contributed by atoms with E-state index < -0.39 is 29.4 Å². The van der Waals surface area contributed by atoms with Crippen LogP contribution in [-0.4, -0.2) is 43.1 Å². The molecule has 0 radical (unpaired) electrons. The Bertz CT molecular complexity index is 1020. The van der Waals surface area contributed by atoms with Gasteiger partial charge in [-0.15, -0.1) is 0 Å². The topological polar surface area (TPSA) is 131 Å². The van der Waals surface area contributed by atoms with Gasteiger partial charge in [0.1, 0.15) is 5.54 Å². The van der Waals surface area contributed by atoms with Crippen molar-refractivity contribution in [2.75, 3.05) is 13.7 Å². The highest BCUT2D eigenvalue weighted by molar-refractivity contribution is 5.89. The highest BCUT2D eigenvalue weighted by Crippen LogP contribution is 2.31. The van der Waals surface area contributed by atoms with Crippen molar-refractivity contribution in [3.63, 3.8) is 0 Å². The zero-order chi connectivity index (χ0) is 25.1. The van der Waals surface area contributed by atoms with Gasteiger partial charge in [0.15, 0.2) is 11.5 Å². The lowest BCUT2D eigenvalue weighted by Crippen LogP contribution is -2.51. The van der Waals surface area contributed by atoms with Gasteiger partial charge in [-0.1, -0.05) is 38.1 Å². The number of carbonyl (C=O) groups is 4. The van der Waals surface area contributed by atoms with E-state index in [1.807, 2.05) is 0 Å². The van der Waals surface area contributed by atoms with Crippen LogP contribution in [0, 0.1) is 0 Å². The number of esters is 4. The van der Waals surface area contributed by atoms with Crippen molar-refractivity contribution in [3.8, 4) is 11.5 Å². The molecular weight excluding hydrogens is 442 g/mol. The van der Waals surface area contributed by atoms with Gasteiger partial charge in [-0.2, -0.15) is 0 Å². The van der Waals surface area contributed by atoms with Crippen LogP contribution in [0.15, 0.2) is 48.5 Å². The summed E-state index contributed by atoms with van der Waals surface area (Å²) in [5.74, 6) is -2.14. The van der Waals surface area contributed by atoms with E-state index in [9.17, 15) is 19.2 Å². The molecular formula is C25H29NO8. The van der Waals surface area contributed by atoms with Crippen LogP contribution in [0.4, 0.5) is 0 Å². The molecule has 0 unspecified atom stereocenters. The zero-order valence-corrected chi connectivity index (χ0v) is 19.5. The molecule has 2 rings (SSSR count). The molecule has 0 amide bonds. The third-order valence-corrected chi connectivity index (χ3v) is 4.94. The molecule has 0 aliphatic rings. The Morgan fingerprint density at radius 2 is 1.50 bits per heavy atom. The summed E-state index contributed by atoms with van der Waals surface area (Å²) in [6.45, 7) is 3.14. The van der Waals surface area contributed by atoms with E-state index >= 15 is 0 Å². The number of methoxy groups -OCH3 is 1. The second-order valence-electron chi connectivity index (χ2n) is 7.51. The predicted molar refractivity (Wildman–Crippen MR) is 122 cm³/mol. The van der Waals surface area contributed by atoms with Crippen molar-refractivity contribution in [1.82, 2.24) is 0 Å². The molecule has 0 heterocycles. The molecule has 9 nitrogen and oxygen atoms in total. The molecule has 0 aliphatic carbocycles. The third-order valence-electron chi connectivity index (χ3n) is 4.94. The Hall–Kier alpha value is -3.72. The molecule has 2 N–H and O–H groups in total. The quantitative estimate of drug-likeness (QED) is 0.388. The number of ether oxygens (including phenoxy) is 4. The van der Waals surface area contributed by atoms with E-state index in [0.29, 0.717) is 11.1 Å². The van der Waals surface area contributed by atoms with Gasteiger partial charge in [0.2, 0.25) is 0 Å². The summed E-state index contributed by atoms with van der Waals surface area (Å²) in [7, 11) is 1.21. The van der Waals surface area contributed by atoms with E-state index in [1.165, 1.54) is 19.2 Å². The average molecular weight is 472 g/mol. The van der Waals surface area contributed by atoms with Gasteiger partial charge in [0.25, 0.3) is 0 Å². The lowest BCUT2D eigenvalue weighted by Gasteiger charge is -2.26. The van der Waals surface area contributed by atoms with Crippen LogP contribution >= 0.6 is 0 Å². The van der Waals surface area contributed by atoms with Gasteiger partial charge >= 0.3 is 23.9 Å². The van der Waals surface area contributed by atoms with Gasteiger partial charge in [-0.25, -0.2) is 4.79 Å². The Morgan fingerprint density at radius 3 is 2.09 bits per heavy atom. The standard InChI is InChI=1S/C25H29NO8/c1-4-21(27)33-19-12-11-17(15-20(19)34-22(28)5-2)16-25(26,24(30)31-3)13-14-32-23(29)18-9-7-6-8-10-18/h6-12,15H,4-5,13-14,16,26H2,1-3H3/t25-/m1/s1. The number of nitrogens with two attached hydrogens (primary N) is 1. The van der Waals surface area contributed by atoms with Crippen molar-refractivity contribution in [2.24, 2.45) is 5.73 Å². The highest BCUT2D eigenvalue weighted by Gasteiger charge is 2.36. The molecule has 0 aliphatic heterocycles. The smallest absolute Gasteiger partial charge is 0.338 e. The Labute approximate surface area is 198 Å². The first-order valence-electron chi connectivity index (χ1n) is 10.9. The molecule has 2 aromatic carbocycles. The summed E-state index contributed by atoms with van der Waals surface area (Å²) in [5, 5.41) is 0. The number of hydrogen-bond acceptors (Lipinski definition) is 9. The van der Waals surface area contributed by atoms with Crippen molar-refractivity contribution in [2.45, 2.75) is 45.1 Å². The first-order chi connectivity index (χ1) is 16.2. The van der Waals surface area contributed by atoms with E-state index in [0.717, 1.165) is 0 Å². The predicted octanol–water partition coefficient (Wildman–Crippen LogP) is 2.98. The van der Waals surface area contributed by atoms with Gasteiger partial charge < -0.3 is 24.7 Å². The molecule has 0 spiro atoms. The minimum atomic E-state index is -1.53. The van der Waals surface area contributed by atoms with Gasteiger partial charge in [0, 0.05) is 25.7 Å². The summed E-state index contributed by atoms with van der Waals surface area (Å²) in [4.78, 5) is 48.3.